The van der Waals surface area contributed by atoms with Gasteiger partial charge in [-0.1, -0.05) is 18.2 Å². The summed E-state index contributed by atoms with van der Waals surface area (Å²) >= 11 is 4.50. The molecule has 0 saturated heterocycles. The van der Waals surface area contributed by atoms with E-state index >= 15 is 0 Å². The molecule has 0 spiro atoms. The van der Waals surface area contributed by atoms with E-state index < -0.39 is 0 Å². The lowest BCUT2D eigenvalue weighted by molar-refractivity contribution is 0.100. The first kappa shape index (κ1) is 18.1. The van der Waals surface area contributed by atoms with Crippen molar-refractivity contribution in [2.75, 3.05) is 4.90 Å². The van der Waals surface area contributed by atoms with Crippen LogP contribution in [0.15, 0.2) is 83.9 Å². The minimum atomic E-state index is -0.115. The van der Waals surface area contributed by atoms with E-state index in [4.69, 9.17) is 0 Å². The molecule has 0 aromatic heterocycles. The minimum Gasteiger partial charge on any atom is -0.268 e. The molecule has 0 N–H and O–H groups in total. The van der Waals surface area contributed by atoms with Crippen molar-refractivity contribution in [1.82, 2.24) is 0 Å². The van der Waals surface area contributed by atoms with Crippen LogP contribution in [0.1, 0.15) is 10.4 Å². The molecule has 0 aliphatic heterocycles. The number of rotatable bonds is 4. The van der Waals surface area contributed by atoms with Crippen molar-refractivity contribution < 1.29 is 4.79 Å². The molecule has 3 aromatic carbocycles. The lowest BCUT2D eigenvalue weighted by atomic mass is 10.2. The molecular weight excluding hydrogens is 538 g/mol. The number of nitrogens with zero attached hydrogens (tertiary/aromatic N) is 2. The van der Waals surface area contributed by atoms with E-state index in [0.29, 0.717) is 5.56 Å². The summed E-state index contributed by atoms with van der Waals surface area (Å²) in [6.07, 6.45) is 1.58. The Morgan fingerprint density at radius 2 is 1.36 bits per heavy atom. The first-order valence-electron chi connectivity index (χ1n) is 7.57. The van der Waals surface area contributed by atoms with Crippen molar-refractivity contribution >= 4 is 68.8 Å². The minimum absolute atomic E-state index is 0.115. The van der Waals surface area contributed by atoms with E-state index in [1.807, 2.05) is 66.7 Å². The fourth-order valence-corrected chi connectivity index (χ4v) is 2.93. The summed E-state index contributed by atoms with van der Waals surface area (Å²) in [6, 6.07) is 24.8. The highest BCUT2D eigenvalue weighted by molar-refractivity contribution is 14.1. The van der Waals surface area contributed by atoms with Gasteiger partial charge in [-0.25, -0.2) is 4.99 Å². The van der Waals surface area contributed by atoms with Crippen LogP contribution in [0.2, 0.25) is 0 Å². The fourth-order valence-electron chi connectivity index (χ4n) is 2.21. The number of benzene rings is 3. The molecule has 0 aliphatic rings. The number of amides is 1. The molecule has 0 heterocycles. The van der Waals surface area contributed by atoms with Crippen molar-refractivity contribution in [3.05, 3.63) is 91.6 Å². The fraction of sp³-hybridized carbons (Fsp3) is 0. The van der Waals surface area contributed by atoms with E-state index in [9.17, 15) is 4.79 Å². The van der Waals surface area contributed by atoms with E-state index in [1.54, 1.807) is 23.4 Å². The van der Waals surface area contributed by atoms with Gasteiger partial charge in [0, 0.05) is 12.7 Å². The van der Waals surface area contributed by atoms with Crippen LogP contribution < -0.4 is 4.90 Å². The summed E-state index contributed by atoms with van der Waals surface area (Å²) in [7, 11) is 0. The summed E-state index contributed by atoms with van der Waals surface area (Å²) in [6.45, 7) is 0. The van der Waals surface area contributed by atoms with Gasteiger partial charge in [0.1, 0.15) is 6.34 Å². The Hall–Kier alpha value is -1.74. The standard InChI is InChI=1S/C20H14I2N2O/c21-16-6-10-18(11-7-16)23-14-24(19-12-8-17(22)9-13-19)20(25)15-4-2-1-3-5-15/h1-14H. The Kier molecular flexibility index (Phi) is 6.19. The maximum atomic E-state index is 12.9. The van der Waals surface area contributed by atoms with Crippen LogP contribution in [0, 0.1) is 7.14 Å². The number of carbonyl (C=O) groups excluding carboxylic acids is 1. The third-order valence-corrected chi connectivity index (χ3v) is 4.93. The first-order chi connectivity index (χ1) is 12.1. The summed E-state index contributed by atoms with van der Waals surface area (Å²) in [5.41, 5.74) is 2.20. The van der Waals surface area contributed by atoms with E-state index in [0.717, 1.165) is 18.5 Å². The van der Waals surface area contributed by atoms with Gasteiger partial charge in [0.05, 0.1) is 11.4 Å². The van der Waals surface area contributed by atoms with Gasteiger partial charge in [-0.15, -0.1) is 0 Å². The molecular formula is C20H14I2N2O. The number of hydrogen-bond donors (Lipinski definition) is 0. The van der Waals surface area contributed by atoms with Crippen molar-refractivity contribution in [2.45, 2.75) is 0 Å². The second-order valence-corrected chi connectivity index (χ2v) is 7.73. The highest BCUT2D eigenvalue weighted by atomic mass is 127. The van der Waals surface area contributed by atoms with Crippen molar-refractivity contribution in [3.8, 4) is 0 Å². The van der Waals surface area contributed by atoms with E-state index in [2.05, 4.69) is 50.2 Å². The Balaban J connectivity index is 1.95. The molecule has 0 atom stereocenters. The van der Waals surface area contributed by atoms with Crippen LogP contribution in [0.3, 0.4) is 0 Å². The Labute approximate surface area is 174 Å². The van der Waals surface area contributed by atoms with Crippen molar-refractivity contribution in [2.24, 2.45) is 4.99 Å². The number of hydrogen-bond acceptors (Lipinski definition) is 2. The predicted octanol–water partition coefficient (Wildman–Crippen LogP) is 5.90. The Morgan fingerprint density at radius 1 is 0.800 bits per heavy atom. The second kappa shape index (κ2) is 8.57. The molecule has 3 nitrogen and oxygen atoms in total. The van der Waals surface area contributed by atoms with Crippen LogP contribution in [0.25, 0.3) is 0 Å². The summed E-state index contributed by atoms with van der Waals surface area (Å²) in [5.74, 6) is -0.115. The maximum absolute atomic E-state index is 12.9. The number of anilines is 1. The van der Waals surface area contributed by atoms with Gasteiger partial charge in [0.2, 0.25) is 0 Å². The normalized spacial score (nSPS) is 10.8. The topological polar surface area (TPSA) is 32.7 Å². The van der Waals surface area contributed by atoms with E-state index in [-0.39, 0.29) is 5.91 Å². The summed E-state index contributed by atoms with van der Waals surface area (Å²) in [5, 5.41) is 0. The molecule has 0 unspecified atom stereocenters. The van der Waals surface area contributed by atoms with Crippen LogP contribution in [-0.4, -0.2) is 12.2 Å². The largest absolute Gasteiger partial charge is 0.268 e. The molecule has 0 aliphatic carbocycles. The molecule has 0 radical (unpaired) electrons. The van der Waals surface area contributed by atoms with Gasteiger partial charge in [0.25, 0.3) is 5.91 Å². The van der Waals surface area contributed by atoms with E-state index in [1.165, 1.54) is 0 Å². The zero-order valence-electron chi connectivity index (χ0n) is 13.1. The van der Waals surface area contributed by atoms with Gasteiger partial charge in [0.15, 0.2) is 0 Å². The molecule has 124 valence electrons. The quantitative estimate of drug-likeness (QED) is 0.226. The molecule has 1 amide bonds. The number of halogens is 2. The molecule has 3 rings (SSSR count). The zero-order valence-corrected chi connectivity index (χ0v) is 17.5. The molecule has 25 heavy (non-hydrogen) atoms. The van der Waals surface area contributed by atoms with Gasteiger partial charge in [-0.3, -0.25) is 9.69 Å². The molecule has 3 aromatic rings. The second-order valence-electron chi connectivity index (χ2n) is 5.24. The molecule has 0 saturated carbocycles. The highest BCUT2D eigenvalue weighted by Crippen LogP contribution is 2.20. The Morgan fingerprint density at radius 3 is 1.96 bits per heavy atom. The summed E-state index contributed by atoms with van der Waals surface area (Å²) < 4.78 is 2.26. The van der Waals surface area contributed by atoms with Gasteiger partial charge in [-0.05, 0) is 106 Å². The SMILES string of the molecule is O=C(c1ccccc1)N(C=Nc1ccc(I)cc1)c1ccc(I)cc1. The Bertz CT molecular complexity index is 876. The first-order valence-corrected chi connectivity index (χ1v) is 9.73. The smallest absolute Gasteiger partial charge is 0.263 e. The van der Waals surface area contributed by atoms with Gasteiger partial charge >= 0.3 is 0 Å². The van der Waals surface area contributed by atoms with Crippen LogP contribution in [0.5, 0.6) is 0 Å². The third kappa shape index (κ3) is 4.88. The van der Waals surface area contributed by atoms with Crippen LogP contribution in [0.4, 0.5) is 11.4 Å². The summed E-state index contributed by atoms with van der Waals surface area (Å²) in [4.78, 5) is 19.0. The van der Waals surface area contributed by atoms with Gasteiger partial charge in [-0.2, -0.15) is 0 Å². The average molecular weight is 552 g/mol. The average Bonchev–Trinajstić information content (AvgIpc) is 2.65. The van der Waals surface area contributed by atoms with Gasteiger partial charge < -0.3 is 0 Å². The highest BCUT2D eigenvalue weighted by Gasteiger charge is 2.15. The lowest BCUT2D eigenvalue weighted by Gasteiger charge is -2.18. The predicted molar refractivity (Wildman–Crippen MR) is 120 cm³/mol. The molecule has 5 heteroatoms. The number of carbonyl (C=O) groups is 1. The molecule has 0 fully saturated rings. The van der Waals surface area contributed by atoms with Crippen LogP contribution >= 0.6 is 45.2 Å². The number of aliphatic imine (C=N–C) groups is 1. The maximum Gasteiger partial charge on any atom is 0.263 e. The lowest BCUT2D eigenvalue weighted by Crippen LogP contribution is -2.29. The zero-order chi connectivity index (χ0) is 17.6. The van der Waals surface area contributed by atoms with Crippen LogP contribution in [-0.2, 0) is 0 Å². The van der Waals surface area contributed by atoms with Crippen molar-refractivity contribution in [3.63, 3.8) is 0 Å². The van der Waals surface area contributed by atoms with Crippen molar-refractivity contribution in [1.29, 1.82) is 0 Å². The third-order valence-electron chi connectivity index (χ3n) is 3.49. The molecule has 0 bridgehead atoms. The monoisotopic (exact) mass is 552 g/mol.